The fourth-order valence-electron chi connectivity index (χ4n) is 1.70. The van der Waals surface area contributed by atoms with E-state index in [9.17, 15) is 4.79 Å². The van der Waals surface area contributed by atoms with E-state index in [0.717, 1.165) is 19.5 Å². The third kappa shape index (κ3) is 3.07. The molecule has 1 amide bonds. The van der Waals surface area contributed by atoms with Gasteiger partial charge in [0.25, 0.3) is 0 Å². The second kappa shape index (κ2) is 4.49. The molecule has 1 fully saturated rings. The van der Waals surface area contributed by atoms with Gasteiger partial charge in [-0.2, -0.15) is 0 Å². The number of likely N-dealkylation sites (tertiary alicyclic amines) is 1. The maximum Gasteiger partial charge on any atom is 0.219 e. The van der Waals surface area contributed by atoms with Crippen molar-refractivity contribution >= 4 is 14.2 Å². The minimum atomic E-state index is -1.67. The van der Waals surface area contributed by atoms with Crippen LogP contribution in [0.5, 0.6) is 0 Å². The Hall–Kier alpha value is -0.353. The summed E-state index contributed by atoms with van der Waals surface area (Å²) >= 11 is 0. The summed E-state index contributed by atoms with van der Waals surface area (Å²) in [6.07, 6.45) is 1.25. The van der Waals surface area contributed by atoms with Crippen molar-refractivity contribution in [2.45, 2.75) is 58.4 Å². The predicted octanol–water partition coefficient (Wildman–Crippen LogP) is 2.63. The van der Waals surface area contributed by atoms with Crippen LogP contribution in [0, 0.1) is 0 Å². The van der Waals surface area contributed by atoms with Gasteiger partial charge in [-0.25, -0.2) is 0 Å². The van der Waals surface area contributed by atoms with Gasteiger partial charge >= 0.3 is 0 Å². The standard InChI is InChI=1S/C12H25NO2Si/c1-10(14)13-8-7-11(9-13)15-16(5,6)12(2,3)4/h11H,7-9H2,1-6H3/t11-/m0/s1. The van der Waals surface area contributed by atoms with Gasteiger partial charge < -0.3 is 9.33 Å². The molecule has 0 saturated carbocycles. The average Bonchev–Trinajstić information content (AvgIpc) is 2.49. The van der Waals surface area contributed by atoms with Gasteiger partial charge in [0.05, 0.1) is 6.10 Å². The molecule has 1 rings (SSSR count). The SMILES string of the molecule is CC(=O)N1CC[C@H](O[Si](C)(C)C(C)(C)C)C1. The minimum Gasteiger partial charge on any atom is -0.412 e. The zero-order valence-electron chi connectivity index (χ0n) is 11.5. The van der Waals surface area contributed by atoms with Gasteiger partial charge in [-0.1, -0.05) is 20.8 Å². The lowest BCUT2D eigenvalue weighted by molar-refractivity contribution is -0.128. The van der Waals surface area contributed by atoms with Crippen molar-refractivity contribution in [3.63, 3.8) is 0 Å². The van der Waals surface area contributed by atoms with Crippen LogP contribution in [0.4, 0.5) is 0 Å². The zero-order valence-corrected chi connectivity index (χ0v) is 12.5. The van der Waals surface area contributed by atoms with Gasteiger partial charge in [-0.15, -0.1) is 0 Å². The average molecular weight is 243 g/mol. The molecule has 0 N–H and O–H groups in total. The summed E-state index contributed by atoms with van der Waals surface area (Å²) in [7, 11) is -1.67. The molecule has 16 heavy (non-hydrogen) atoms. The molecule has 0 bridgehead atoms. The summed E-state index contributed by atoms with van der Waals surface area (Å²) < 4.78 is 6.29. The number of carbonyl (C=O) groups is 1. The Kier molecular flexibility index (Phi) is 3.85. The van der Waals surface area contributed by atoms with Crippen molar-refractivity contribution in [3.8, 4) is 0 Å². The number of hydrogen-bond donors (Lipinski definition) is 0. The normalized spacial score (nSPS) is 22.6. The molecule has 1 heterocycles. The molecule has 1 aliphatic heterocycles. The van der Waals surface area contributed by atoms with Gasteiger partial charge in [0.1, 0.15) is 0 Å². The topological polar surface area (TPSA) is 29.5 Å². The van der Waals surface area contributed by atoms with E-state index >= 15 is 0 Å². The first-order valence-electron chi connectivity index (χ1n) is 6.07. The van der Waals surface area contributed by atoms with Crippen molar-refractivity contribution < 1.29 is 9.22 Å². The molecule has 1 atom stereocenters. The summed E-state index contributed by atoms with van der Waals surface area (Å²) in [6.45, 7) is 14.5. The first kappa shape index (κ1) is 13.7. The third-order valence-electron chi connectivity index (χ3n) is 3.86. The summed E-state index contributed by atoms with van der Waals surface area (Å²) in [5, 5.41) is 0.247. The van der Waals surface area contributed by atoms with Gasteiger partial charge in [0.15, 0.2) is 8.32 Å². The van der Waals surface area contributed by atoms with Crippen LogP contribution >= 0.6 is 0 Å². The van der Waals surface area contributed by atoms with Crippen molar-refractivity contribution in [1.29, 1.82) is 0 Å². The van der Waals surface area contributed by atoms with E-state index in [0.29, 0.717) is 0 Å². The maximum atomic E-state index is 11.2. The van der Waals surface area contributed by atoms with Crippen molar-refractivity contribution in [2.75, 3.05) is 13.1 Å². The second-order valence-electron chi connectivity index (χ2n) is 6.25. The van der Waals surface area contributed by atoms with E-state index in [4.69, 9.17) is 4.43 Å². The summed E-state index contributed by atoms with van der Waals surface area (Å²) in [5.74, 6) is 0.168. The minimum absolute atomic E-state index is 0.168. The molecule has 3 nitrogen and oxygen atoms in total. The molecule has 94 valence electrons. The quantitative estimate of drug-likeness (QED) is 0.698. The van der Waals surface area contributed by atoms with Crippen LogP contribution in [0.3, 0.4) is 0 Å². The molecule has 1 saturated heterocycles. The van der Waals surface area contributed by atoms with E-state index in [1.807, 2.05) is 4.90 Å². The van der Waals surface area contributed by atoms with Crippen LogP contribution in [0.1, 0.15) is 34.1 Å². The molecule has 1 aliphatic rings. The first-order valence-corrected chi connectivity index (χ1v) is 8.97. The van der Waals surface area contributed by atoms with Crippen molar-refractivity contribution in [2.24, 2.45) is 0 Å². The van der Waals surface area contributed by atoms with E-state index in [1.165, 1.54) is 0 Å². The number of rotatable bonds is 2. The van der Waals surface area contributed by atoms with Crippen LogP contribution < -0.4 is 0 Å². The highest BCUT2D eigenvalue weighted by Crippen LogP contribution is 2.38. The molecule has 0 spiro atoms. The van der Waals surface area contributed by atoms with Crippen LogP contribution in [0.2, 0.25) is 18.1 Å². The largest absolute Gasteiger partial charge is 0.412 e. The molecule has 0 radical (unpaired) electrons. The summed E-state index contributed by atoms with van der Waals surface area (Å²) in [4.78, 5) is 13.1. The Bertz CT molecular complexity index is 271. The molecule has 0 aromatic rings. The first-order chi connectivity index (χ1) is 7.13. The Morgan fingerprint density at radius 2 is 1.94 bits per heavy atom. The van der Waals surface area contributed by atoms with Gasteiger partial charge in [-0.3, -0.25) is 4.79 Å². The van der Waals surface area contributed by atoms with Crippen LogP contribution in [0.25, 0.3) is 0 Å². The fraction of sp³-hybridized carbons (Fsp3) is 0.917. The smallest absolute Gasteiger partial charge is 0.219 e. The highest BCUT2D eigenvalue weighted by atomic mass is 28.4. The van der Waals surface area contributed by atoms with E-state index < -0.39 is 8.32 Å². The second-order valence-corrected chi connectivity index (χ2v) is 11.0. The highest BCUT2D eigenvalue weighted by molar-refractivity contribution is 6.74. The molecular weight excluding hydrogens is 218 g/mol. The molecule has 0 aliphatic carbocycles. The number of nitrogens with zero attached hydrogens (tertiary/aromatic N) is 1. The van der Waals surface area contributed by atoms with E-state index in [2.05, 4.69) is 33.9 Å². The molecule has 4 heteroatoms. The lowest BCUT2D eigenvalue weighted by Gasteiger charge is -2.38. The monoisotopic (exact) mass is 243 g/mol. The Morgan fingerprint density at radius 1 is 1.38 bits per heavy atom. The van der Waals surface area contributed by atoms with Gasteiger partial charge in [0, 0.05) is 20.0 Å². The molecule has 0 unspecified atom stereocenters. The zero-order chi connectivity index (χ0) is 12.6. The van der Waals surface area contributed by atoms with Gasteiger partial charge in [-0.05, 0) is 24.6 Å². The number of carbonyl (C=O) groups excluding carboxylic acids is 1. The fourth-order valence-corrected chi connectivity index (χ4v) is 3.08. The van der Waals surface area contributed by atoms with E-state index in [1.54, 1.807) is 6.92 Å². The van der Waals surface area contributed by atoms with Gasteiger partial charge in [0.2, 0.25) is 5.91 Å². The highest BCUT2D eigenvalue weighted by Gasteiger charge is 2.40. The van der Waals surface area contributed by atoms with Crippen molar-refractivity contribution in [1.82, 2.24) is 4.90 Å². The maximum absolute atomic E-state index is 11.2. The van der Waals surface area contributed by atoms with Crippen molar-refractivity contribution in [3.05, 3.63) is 0 Å². The molecule has 0 aromatic heterocycles. The molecule has 0 aromatic carbocycles. The number of hydrogen-bond acceptors (Lipinski definition) is 2. The predicted molar refractivity (Wildman–Crippen MR) is 68.9 cm³/mol. The van der Waals surface area contributed by atoms with E-state index in [-0.39, 0.29) is 17.0 Å². The lowest BCUT2D eigenvalue weighted by Crippen LogP contribution is -2.44. The third-order valence-corrected chi connectivity index (χ3v) is 8.39. The Balaban J connectivity index is 2.54. The summed E-state index contributed by atoms with van der Waals surface area (Å²) in [6, 6.07) is 0. The Labute approximate surface area is 100 Å². The Morgan fingerprint density at radius 3 is 2.31 bits per heavy atom. The van der Waals surface area contributed by atoms with Crippen LogP contribution in [-0.4, -0.2) is 38.3 Å². The lowest BCUT2D eigenvalue weighted by atomic mass is 10.2. The number of amides is 1. The van der Waals surface area contributed by atoms with Crippen LogP contribution in [-0.2, 0) is 9.22 Å². The summed E-state index contributed by atoms with van der Waals surface area (Å²) in [5.41, 5.74) is 0. The molecular formula is C12H25NO2Si. The van der Waals surface area contributed by atoms with Crippen LogP contribution in [0.15, 0.2) is 0 Å².